The number of piperazine rings is 1. The number of carbonyl (C=O) groups excluding carboxylic acids is 2. The molecule has 0 radical (unpaired) electrons. The van der Waals surface area contributed by atoms with E-state index >= 15 is 0 Å². The smallest absolute Gasteiger partial charge is 0.369 e. The number of ketones is 1. The first-order valence-corrected chi connectivity index (χ1v) is 15.0. The van der Waals surface area contributed by atoms with Crippen molar-refractivity contribution in [3.8, 4) is 11.1 Å². The summed E-state index contributed by atoms with van der Waals surface area (Å²) in [6.45, 7) is 5.04. The number of nitrogens with one attached hydrogen (secondary N) is 1. The summed E-state index contributed by atoms with van der Waals surface area (Å²) in [6, 6.07) is 26.6. The lowest BCUT2D eigenvalue weighted by atomic mass is 9.97. The van der Waals surface area contributed by atoms with E-state index in [0.29, 0.717) is 33.8 Å². The molecule has 1 aliphatic heterocycles. The number of alkyl halides is 3. The zero-order valence-electron chi connectivity index (χ0n) is 24.3. The molecule has 4 aromatic rings. The fraction of sp³-hybridized carbons (Fsp3) is 0.257. The van der Waals surface area contributed by atoms with Crippen LogP contribution in [0.2, 0.25) is 5.02 Å². The summed E-state index contributed by atoms with van der Waals surface area (Å²) >= 11 is 6.18. The molecule has 1 unspecified atom stereocenters. The molecule has 1 fully saturated rings. The van der Waals surface area contributed by atoms with Gasteiger partial charge in [-0.1, -0.05) is 61.0 Å². The van der Waals surface area contributed by atoms with E-state index in [-0.39, 0.29) is 11.8 Å². The molecule has 228 valence electrons. The second-order valence-corrected chi connectivity index (χ2v) is 11.3. The molecule has 0 aromatic heterocycles. The zero-order valence-corrected chi connectivity index (χ0v) is 25.0. The topological polar surface area (TPSA) is 52.7 Å². The maximum absolute atomic E-state index is 13.3. The van der Waals surface area contributed by atoms with Gasteiger partial charge in [0.15, 0.2) is 5.78 Å². The van der Waals surface area contributed by atoms with Gasteiger partial charge in [-0.2, -0.15) is 13.2 Å². The van der Waals surface area contributed by atoms with E-state index in [1.54, 1.807) is 18.2 Å². The molecule has 5 nitrogen and oxygen atoms in total. The Bertz CT molecular complexity index is 1580. The van der Waals surface area contributed by atoms with Gasteiger partial charge in [-0.25, -0.2) is 0 Å². The van der Waals surface area contributed by atoms with Crippen molar-refractivity contribution in [2.45, 2.75) is 32.0 Å². The highest BCUT2D eigenvalue weighted by Gasteiger charge is 2.31. The van der Waals surface area contributed by atoms with E-state index in [4.69, 9.17) is 11.6 Å². The second-order valence-electron chi connectivity index (χ2n) is 10.8. The largest absolute Gasteiger partial charge is 0.416 e. The number of anilines is 2. The number of benzene rings is 4. The minimum absolute atomic E-state index is 0.240. The number of carbonyl (C=O) groups is 2. The van der Waals surface area contributed by atoms with E-state index in [9.17, 15) is 22.8 Å². The van der Waals surface area contributed by atoms with Crippen LogP contribution in [0.15, 0.2) is 97.1 Å². The van der Waals surface area contributed by atoms with Crippen molar-refractivity contribution in [1.29, 1.82) is 0 Å². The van der Waals surface area contributed by atoms with Crippen LogP contribution in [0.25, 0.3) is 11.1 Å². The summed E-state index contributed by atoms with van der Waals surface area (Å²) in [7, 11) is 0. The Balaban J connectivity index is 1.25. The summed E-state index contributed by atoms with van der Waals surface area (Å²) in [4.78, 5) is 30.8. The number of halogens is 4. The van der Waals surface area contributed by atoms with Crippen molar-refractivity contribution in [2.75, 3.05) is 36.4 Å². The van der Waals surface area contributed by atoms with Gasteiger partial charge in [0.2, 0.25) is 0 Å². The van der Waals surface area contributed by atoms with Gasteiger partial charge >= 0.3 is 6.18 Å². The minimum Gasteiger partial charge on any atom is -0.369 e. The summed E-state index contributed by atoms with van der Waals surface area (Å²) < 4.78 is 39.1. The average molecular weight is 620 g/mol. The molecule has 1 atom stereocenters. The van der Waals surface area contributed by atoms with Crippen LogP contribution in [-0.2, 0) is 11.0 Å². The summed E-state index contributed by atoms with van der Waals surface area (Å²) in [5.74, 6) is -0.156. The van der Waals surface area contributed by atoms with Gasteiger partial charge in [0, 0.05) is 54.6 Å². The maximum Gasteiger partial charge on any atom is 0.416 e. The molecule has 1 N–H and O–H groups in total. The summed E-state index contributed by atoms with van der Waals surface area (Å²) in [6.07, 6.45) is -3.08. The number of rotatable bonds is 9. The minimum atomic E-state index is -4.45. The Hall–Kier alpha value is -4.14. The lowest BCUT2D eigenvalue weighted by Crippen LogP contribution is -2.49. The van der Waals surface area contributed by atoms with Crippen LogP contribution in [0.3, 0.4) is 0 Å². The summed E-state index contributed by atoms with van der Waals surface area (Å²) in [5.41, 5.74) is 3.03. The first-order valence-electron chi connectivity index (χ1n) is 14.6. The molecule has 1 amide bonds. The van der Waals surface area contributed by atoms with Crippen molar-refractivity contribution in [3.05, 3.63) is 119 Å². The van der Waals surface area contributed by atoms with Crippen molar-refractivity contribution in [3.63, 3.8) is 0 Å². The highest BCUT2D eigenvalue weighted by atomic mass is 35.5. The van der Waals surface area contributed by atoms with Crippen LogP contribution in [0, 0.1) is 0 Å². The zero-order chi connectivity index (χ0) is 31.3. The van der Waals surface area contributed by atoms with Crippen molar-refractivity contribution < 1.29 is 22.8 Å². The van der Waals surface area contributed by atoms with Crippen LogP contribution in [-0.4, -0.2) is 42.8 Å². The molecule has 1 aliphatic rings. The van der Waals surface area contributed by atoms with Gasteiger partial charge in [-0.3, -0.25) is 14.5 Å². The Kier molecular flexibility index (Phi) is 9.71. The molecular weight excluding hydrogens is 587 g/mol. The van der Waals surface area contributed by atoms with Gasteiger partial charge in [-0.15, -0.1) is 0 Å². The third kappa shape index (κ3) is 7.31. The van der Waals surface area contributed by atoms with Gasteiger partial charge in [0.25, 0.3) is 5.91 Å². The predicted octanol–water partition coefficient (Wildman–Crippen LogP) is 8.51. The van der Waals surface area contributed by atoms with Gasteiger partial charge in [0.05, 0.1) is 11.6 Å². The number of nitrogens with zero attached hydrogens (tertiary/aromatic N) is 2. The highest BCUT2D eigenvalue weighted by molar-refractivity contribution is 6.31. The molecule has 44 heavy (non-hydrogen) atoms. The Labute approximate surface area is 260 Å². The average Bonchev–Trinajstić information content (AvgIpc) is 3.02. The molecule has 1 saturated heterocycles. The van der Waals surface area contributed by atoms with Crippen LogP contribution >= 0.6 is 11.6 Å². The quantitative estimate of drug-likeness (QED) is 0.204. The number of amides is 1. The van der Waals surface area contributed by atoms with E-state index in [1.165, 1.54) is 12.1 Å². The normalized spacial score (nSPS) is 14.7. The van der Waals surface area contributed by atoms with Gasteiger partial charge < -0.3 is 10.2 Å². The SMILES string of the molecule is CCCC(=O)C(c1ccccc1)N1CCN(c2ccc(NC(=O)c3ccc(Cl)cc3-c3ccc(C(F)(F)F)cc3)cc2)CC1. The molecule has 5 rings (SSSR count). The molecule has 0 spiro atoms. The standard InChI is InChI=1S/C35H33ClF3N3O2/c1-2-6-32(43)33(25-7-4-3-5-8-25)42-21-19-41(20-22-42)29-16-14-28(15-17-29)40-34(44)30-18-13-27(36)23-31(30)24-9-11-26(12-10-24)35(37,38)39/h3-5,7-18,23,33H,2,6,19-22H2,1H3,(H,40,44). The molecule has 0 saturated carbocycles. The monoisotopic (exact) mass is 619 g/mol. The maximum atomic E-state index is 13.3. The Morgan fingerprint density at radius 1 is 0.864 bits per heavy atom. The number of hydrogen-bond donors (Lipinski definition) is 1. The number of Topliss-reactive ketones (excluding diaryl/α,β-unsaturated/α-hetero) is 1. The predicted molar refractivity (Wildman–Crippen MR) is 169 cm³/mol. The fourth-order valence-electron chi connectivity index (χ4n) is 5.60. The van der Waals surface area contributed by atoms with Gasteiger partial charge in [-0.05, 0) is 77.7 Å². The Morgan fingerprint density at radius 3 is 2.14 bits per heavy atom. The molecule has 0 aliphatic carbocycles. The molecule has 0 bridgehead atoms. The van der Waals surface area contributed by atoms with E-state index in [2.05, 4.69) is 15.1 Å². The fourth-order valence-corrected chi connectivity index (χ4v) is 5.78. The van der Waals surface area contributed by atoms with Crippen LogP contribution < -0.4 is 10.2 Å². The van der Waals surface area contributed by atoms with Crippen molar-refractivity contribution >= 4 is 34.7 Å². The third-order valence-electron chi connectivity index (χ3n) is 7.84. The first kappa shape index (κ1) is 31.3. The molecular formula is C35H33ClF3N3O2. The van der Waals surface area contributed by atoms with E-state index < -0.39 is 17.6 Å². The van der Waals surface area contributed by atoms with Crippen LogP contribution in [0.4, 0.5) is 24.5 Å². The molecule has 1 heterocycles. The van der Waals surface area contributed by atoms with E-state index in [1.807, 2.05) is 61.5 Å². The third-order valence-corrected chi connectivity index (χ3v) is 8.07. The first-order chi connectivity index (χ1) is 21.1. The molecule has 4 aromatic carbocycles. The number of hydrogen-bond acceptors (Lipinski definition) is 4. The van der Waals surface area contributed by atoms with Gasteiger partial charge in [0.1, 0.15) is 0 Å². The lowest BCUT2D eigenvalue weighted by Gasteiger charge is -2.40. The lowest BCUT2D eigenvalue weighted by molar-refractivity contribution is -0.137. The molecule has 9 heteroatoms. The Morgan fingerprint density at radius 2 is 1.52 bits per heavy atom. The van der Waals surface area contributed by atoms with Crippen LogP contribution in [0.1, 0.15) is 47.3 Å². The van der Waals surface area contributed by atoms with E-state index in [0.717, 1.165) is 56.0 Å². The highest BCUT2D eigenvalue weighted by Crippen LogP contribution is 2.33. The second kappa shape index (κ2) is 13.7. The summed E-state index contributed by atoms with van der Waals surface area (Å²) in [5, 5.41) is 3.26. The van der Waals surface area contributed by atoms with Crippen LogP contribution in [0.5, 0.6) is 0 Å². The van der Waals surface area contributed by atoms with Crippen molar-refractivity contribution in [2.24, 2.45) is 0 Å². The van der Waals surface area contributed by atoms with Crippen molar-refractivity contribution in [1.82, 2.24) is 4.90 Å².